The average molecular weight is 358 g/mol. The molecule has 0 amide bonds. The lowest BCUT2D eigenvalue weighted by Gasteiger charge is -2.10. The van der Waals surface area contributed by atoms with Crippen molar-refractivity contribution in [2.45, 2.75) is 19.8 Å². The van der Waals surface area contributed by atoms with Gasteiger partial charge in [0.15, 0.2) is 17.3 Å². The predicted octanol–water partition coefficient (Wildman–Crippen LogP) is 3.46. The fourth-order valence-corrected chi connectivity index (χ4v) is 2.54. The number of aromatic hydroxyl groups is 4. The Balaban J connectivity index is 2.17. The van der Waals surface area contributed by atoms with Crippen molar-refractivity contribution >= 4 is 11.0 Å². The van der Waals surface area contributed by atoms with E-state index in [1.807, 2.05) is 6.92 Å². The maximum absolute atomic E-state index is 12.4. The van der Waals surface area contributed by atoms with Gasteiger partial charge in [0, 0.05) is 17.7 Å². The molecule has 0 spiro atoms. The van der Waals surface area contributed by atoms with Crippen molar-refractivity contribution in [3.05, 3.63) is 40.6 Å². The minimum atomic E-state index is -0.813. The molecule has 136 valence electrons. The summed E-state index contributed by atoms with van der Waals surface area (Å²) in [6, 6.07) is 6.48. The Hall–Kier alpha value is -3.35. The number of benzene rings is 2. The second kappa shape index (κ2) is 6.87. The quantitative estimate of drug-likeness (QED) is 0.407. The SMILES string of the molecule is CCCCOc1cc(O)c2c(=O)c(O)c(-c3ccc(O)c(O)c3)oc2c1. The van der Waals surface area contributed by atoms with Gasteiger partial charge in [0.1, 0.15) is 22.5 Å². The van der Waals surface area contributed by atoms with Crippen LogP contribution in [0.5, 0.6) is 28.7 Å². The van der Waals surface area contributed by atoms with E-state index >= 15 is 0 Å². The van der Waals surface area contributed by atoms with E-state index in [9.17, 15) is 25.2 Å². The third-order valence-electron chi connectivity index (χ3n) is 3.93. The van der Waals surface area contributed by atoms with Crippen molar-refractivity contribution in [1.29, 1.82) is 0 Å². The van der Waals surface area contributed by atoms with E-state index in [0.717, 1.165) is 18.9 Å². The van der Waals surface area contributed by atoms with Gasteiger partial charge in [-0.3, -0.25) is 4.79 Å². The van der Waals surface area contributed by atoms with E-state index in [1.165, 1.54) is 24.3 Å². The van der Waals surface area contributed by atoms with Gasteiger partial charge in [-0.2, -0.15) is 0 Å². The lowest BCUT2D eigenvalue weighted by molar-refractivity contribution is 0.307. The van der Waals surface area contributed by atoms with E-state index in [2.05, 4.69) is 0 Å². The van der Waals surface area contributed by atoms with Crippen molar-refractivity contribution in [2.24, 2.45) is 0 Å². The molecule has 7 nitrogen and oxygen atoms in total. The fourth-order valence-electron chi connectivity index (χ4n) is 2.54. The van der Waals surface area contributed by atoms with Crippen molar-refractivity contribution in [1.82, 2.24) is 0 Å². The van der Waals surface area contributed by atoms with E-state index in [4.69, 9.17) is 9.15 Å². The zero-order valence-electron chi connectivity index (χ0n) is 14.0. The highest BCUT2D eigenvalue weighted by Gasteiger charge is 2.19. The van der Waals surface area contributed by atoms with E-state index in [1.54, 1.807) is 0 Å². The van der Waals surface area contributed by atoms with Gasteiger partial charge < -0.3 is 29.6 Å². The van der Waals surface area contributed by atoms with Gasteiger partial charge in [-0.05, 0) is 24.6 Å². The molecule has 1 aromatic heterocycles. The smallest absolute Gasteiger partial charge is 0.238 e. The summed E-state index contributed by atoms with van der Waals surface area (Å²) in [5, 5.41) is 39.2. The molecule has 0 atom stereocenters. The molecule has 7 heteroatoms. The van der Waals surface area contributed by atoms with Gasteiger partial charge in [-0.25, -0.2) is 0 Å². The molecule has 0 bridgehead atoms. The Morgan fingerprint density at radius 3 is 2.46 bits per heavy atom. The minimum absolute atomic E-state index is 0.0295. The van der Waals surface area contributed by atoms with Gasteiger partial charge in [-0.1, -0.05) is 13.3 Å². The van der Waals surface area contributed by atoms with Gasteiger partial charge in [0.25, 0.3) is 0 Å². The average Bonchev–Trinajstić information content (AvgIpc) is 2.60. The van der Waals surface area contributed by atoms with Gasteiger partial charge in [0.05, 0.1) is 6.61 Å². The zero-order valence-corrected chi connectivity index (χ0v) is 14.0. The normalized spacial score (nSPS) is 11.0. The zero-order chi connectivity index (χ0) is 18.8. The number of phenolic OH excluding ortho intramolecular Hbond substituents is 3. The van der Waals surface area contributed by atoms with Crippen LogP contribution in [0.2, 0.25) is 0 Å². The highest BCUT2D eigenvalue weighted by atomic mass is 16.5. The fraction of sp³-hybridized carbons (Fsp3) is 0.211. The van der Waals surface area contributed by atoms with Crippen LogP contribution < -0.4 is 10.2 Å². The molecule has 4 N–H and O–H groups in total. The van der Waals surface area contributed by atoms with E-state index < -0.39 is 16.9 Å². The van der Waals surface area contributed by atoms with Crippen LogP contribution in [-0.4, -0.2) is 27.0 Å². The molecular weight excluding hydrogens is 340 g/mol. The second-order valence-electron chi connectivity index (χ2n) is 5.83. The number of hydrogen-bond acceptors (Lipinski definition) is 7. The van der Waals surface area contributed by atoms with Crippen molar-refractivity contribution in [3.8, 4) is 40.1 Å². The first-order chi connectivity index (χ1) is 12.4. The standard InChI is InChI=1S/C19H18O7/c1-2-3-6-25-11-8-14(22)16-15(9-11)26-19(18(24)17(16)23)10-4-5-12(20)13(21)7-10/h4-5,7-9,20-22,24H,2-3,6H2,1H3. The molecule has 26 heavy (non-hydrogen) atoms. The summed E-state index contributed by atoms with van der Waals surface area (Å²) in [6.45, 7) is 2.46. The number of unbranched alkanes of at least 4 members (excludes halogenated alkanes) is 1. The first-order valence-corrected chi connectivity index (χ1v) is 8.10. The number of fused-ring (bicyclic) bond motifs is 1. The van der Waals surface area contributed by atoms with Crippen LogP contribution in [0.3, 0.4) is 0 Å². The Morgan fingerprint density at radius 1 is 1.00 bits per heavy atom. The number of hydrogen-bond donors (Lipinski definition) is 4. The molecule has 0 aliphatic rings. The topological polar surface area (TPSA) is 120 Å². The minimum Gasteiger partial charge on any atom is -0.507 e. The molecule has 3 aromatic rings. The van der Waals surface area contributed by atoms with Crippen molar-refractivity contribution in [2.75, 3.05) is 6.61 Å². The summed E-state index contributed by atoms with van der Waals surface area (Å²) >= 11 is 0. The largest absolute Gasteiger partial charge is 0.507 e. The first kappa shape index (κ1) is 17.5. The van der Waals surface area contributed by atoms with Crippen LogP contribution in [0.25, 0.3) is 22.3 Å². The van der Waals surface area contributed by atoms with Crippen LogP contribution in [0.1, 0.15) is 19.8 Å². The molecule has 2 aromatic carbocycles. The molecule has 1 heterocycles. The van der Waals surface area contributed by atoms with E-state index in [0.29, 0.717) is 12.4 Å². The van der Waals surface area contributed by atoms with Crippen LogP contribution in [0.4, 0.5) is 0 Å². The molecule has 0 aliphatic heterocycles. The summed E-state index contributed by atoms with van der Waals surface area (Å²) < 4.78 is 11.1. The molecular formula is C19H18O7. The molecule has 0 fully saturated rings. The third kappa shape index (κ3) is 3.11. The van der Waals surface area contributed by atoms with Crippen molar-refractivity contribution in [3.63, 3.8) is 0 Å². The Kier molecular flexibility index (Phi) is 4.62. The lowest BCUT2D eigenvalue weighted by Crippen LogP contribution is -2.04. The van der Waals surface area contributed by atoms with Crippen molar-refractivity contribution < 1.29 is 29.6 Å². The van der Waals surface area contributed by atoms with Crippen LogP contribution in [0.15, 0.2) is 39.5 Å². The van der Waals surface area contributed by atoms with E-state index in [-0.39, 0.29) is 33.8 Å². The highest BCUT2D eigenvalue weighted by molar-refractivity contribution is 5.88. The maximum Gasteiger partial charge on any atom is 0.238 e. The van der Waals surface area contributed by atoms with Crippen LogP contribution in [0, 0.1) is 0 Å². The summed E-state index contributed by atoms with van der Waals surface area (Å²) in [5.41, 5.74) is -0.595. The summed E-state index contributed by atoms with van der Waals surface area (Å²) in [7, 11) is 0. The monoisotopic (exact) mass is 358 g/mol. The number of phenols is 3. The third-order valence-corrected chi connectivity index (χ3v) is 3.93. The molecule has 0 aliphatic carbocycles. The van der Waals surface area contributed by atoms with Crippen LogP contribution in [-0.2, 0) is 0 Å². The lowest BCUT2D eigenvalue weighted by atomic mass is 10.1. The molecule has 0 unspecified atom stereocenters. The van der Waals surface area contributed by atoms with Crippen LogP contribution >= 0.6 is 0 Å². The molecule has 3 rings (SSSR count). The Morgan fingerprint density at radius 2 is 1.77 bits per heavy atom. The number of rotatable bonds is 5. The van der Waals surface area contributed by atoms with Gasteiger partial charge >= 0.3 is 0 Å². The van der Waals surface area contributed by atoms with Gasteiger partial charge in [-0.15, -0.1) is 0 Å². The van der Waals surface area contributed by atoms with Gasteiger partial charge in [0.2, 0.25) is 11.2 Å². The summed E-state index contributed by atoms with van der Waals surface area (Å²) in [4.78, 5) is 12.4. The predicted molar refractivity (Wildman–Crippen MR) is 95.0 cm³/mol. The Bertz CT molecular complexity index is 1020. The number of ether oxygens (including phenoxy) is 1. The summed E-state index contributed by atoms with van der Waals surface area (Å²) in [5.74, 6) is -1.71. The molecule has 0 saturated carbocycles. The first-order valence-electron chi connectivity index (χ1n) is 8.10. The summed E-state index contributed by atoms with van der Waals surface area (Å²) in [6.07, 6.45) is 1.77. The molecule has 0 saturated heterocycles. The maximum atomic E-state index is 12.4. The Labute approximate surface area is 148 Å². The highest BCUT2D eigenvalue weighted by Crippen LogP contribution is 2.37. The second-order valence-corrected chi connectivity index (χ2v) is 5.83. The molecule has 0 radical (unpaired) electrons.